The molecule has 1 saturated carbocycles. The minimum atomic E-state index is -4.82. The van der Waals surface area contributed by atoms with Crippen molar-refractivity contribution in [3.05, 3.63) is 35.7 Å². The number of carbonyl (C=O) groups excluding carboxylic acids is 1. The van der Waals surface area contributed by atoms with Gasteiger partial charge < -0.3 is 9.30 Å². The lowest BCUT2D eigenvalue weighted by molar-refractivity contribution is -0.274. The van der Waals surface area contributed by atoms with Gasteiger partial charge in [-0.25, -0.2) is 9.99 Å². The van der Waals surface area contributed by atoms with Crippen molar-refractivity contribution in [3.8, 4) is 17.1 Å². The Hall–Kier alpha value is -2.55. The van der Waals surface area contributed by atoms with Crippen molar-refractivity contribution < 1.29 is 22.7 Å². The van der Waals surface area contributed by atoms with E-state index in [-0.39, 0.29) is 22.9 Å². The average molecular weight is 479 g/mol. The van der Waals surface area contributed by atoms with Crippen LogP contribution >= 0.6 is 0 Å². The highest BCUT2D eigenvalue weighted by molar-refractivity contribution is 5.94. The Bertz CT molecular complexity index is 977. The number of rotatable bonds is 7. The fourth-order valence-corrected chi connectivity index (χ4v) is 5.08. The predicted molar refractivity (Wildman–Crippen MR) is 123 cm³/mol. The predicted octanol–water partition coefficient (Wildman–Crippen LogP) is 5.86. The van der Waals surface area contributed by atoms with Crippen molar-refractivity contribution in [1.29, 1.82) is 0 Å². The van der Waals surface area contributed by atoms with E-state index in [9.17, 15) is 18.0 Å². The summed E-state index contributed by atoms with van der Waals surface area (Å²) in [5, 5.41) is 1.90. The molecule has 1 aromatic heterocycles. The molecule has 2 aromatic rings. The standard InChI is InChI=1S/C25H33F3N4O2/c1-18-22(24(33)30-31-15-8-3-9-16-31)29-23(32(18)17-14-19-10-4-2-5-11-19)20-12-6-7-13-21(20)34-25(26,27)28/h6-7,12-13,19H,2-5,8-11,14-17H2,1H3,(H,30,33). The van der Waals surface area contributed by atoms with E-state index in [1.54, 1.807) is 12.1 Å². The van der Waals surface area contributed by atoms with Crippen LogP contribution in [0.4, 0.5) is 13.2 Å². The van der Waals surface area contributed by atoms with Gasteiger partial charge in [0.15, 0.2) is 5.69 Å². The van der Waals surface area contributed by atoms with Crippen LogP contribution < -0.4 is 10.2 Å². The smallest absolute Gasteiger partial charge is 0.405 e. The maximum atomic E-state index is 13.1. The van der Waals surface area contributed by atoms with Crippen molar-refractivity contribution in [2.75, 3.05) is 13.1 Å². The second kappa shape index (κ2) is 10.8. The second-order valence-electron chi connectivity index (χ2n) is 9.35. The molecular formula is C25H33F3N4O2. The Balaban J connectivity index is 1.66. The first-order chi connectivity index (χ1) is 16.3. The van der Waals surface area contributed by atoms with Crippen LogP contribution in [0.1, 0.15) is 74.0 Å². The van der Waals surface area contributed by atoms with Crippen LogP contribution in [0.5, 0.6) is 5.75 Å². The molecule has 1 amide bonds. The van der Waals surface area contributed by atoms with Crippen molar-refractivity contribution in [3.63, 3.8) is 0 Å². The van der Waals surface area contributed by atoms with Gasteiger partial charge in [0.1, 0.15) is 11.6 Å². The van der Waals surface area contributed by atoms with Crippen molar-refractivity contribution in [2.45, 2.75) is 77.6 Å². The van der Waals surface area contributed by atoms with Gasteiger partial charge in [-0.15, -0.1) is 13.2 Å². The number of halogens is 3. The molecule has 1 aliphatic carbocycles. The van der Waals surface area contributed by atoms with E-state index >= 15 is 0 Å². The lowest BCUT2D eigenvalue weighted by Gasteiger charge is -2.26. The SMILES string of the molecule is Cc1c(C(=O)NN2CCCCC2)nc(-c2ccccc2OC(F)(F)F)n1CCC1CCCCC1. The summed E-state index contributed by atoms with van der Waals surface area (Å²) in [5.41, 5.74) is 4.06. The number of hydrogen-bond acceptors (Lipinski definition) is 4. The van der Waals surface area contributed by atoms with Gasteiger partial charge in [-0.3, -0.25) is 10.2 Å². The number of benzene rings is 1. The van der Waals surface area contributed by atoms with Crippen LogP contribution in [-0.2, 0) is 6.54 Å². The van der Waals surface area contributed by atoms with Crippen LogP contribution in [0.3, 0.4) is 0 Å². The third-order valence-corrected chi connectivity index (χ3v) is 6.89. The molecule has 34 heavy (non-hydrogen) atoms. The first kappa shape index (κ1) is 24.6. The molecule has 0 spiro atoms. The molecule has 6 nitrogen and oxygen atoms in total. The normalized spacial score (nSPS) is 18.1. The molecule has 0 unspecified atom stereocenters. The number of hydrogen-bond donors (Lipinski definition) is 1. The fourth-order valence-electron chi connectivity index (χ4n) is 5.08. The Labute approximate surface area is 198 Å². The Morgan fingerprint density at radius 3 is 2.47 bits per heavy atom. The van der Waals surface area contributed by atoms with Crippen LogP contribution in [-0.4, -0.2) is 39.9 Å². The number of nitrogens with zero attached hydrogens (tertiary/aromatic N) is 3. The zero-order chi connectivity index (χ0) is 24.1. The first-order valence-corrected chi connectivity index (χ1v) is 12.3. The molecule has 4 rings (SSSR count). The number of imidazole rings is 1. The summed E-state index contributed by atoms with van der Waals surface area (Å²) in [6.45, 7) is 3.97. The lowest BCUT2D eigenvalue weighted by Crippen LogP contribution is -2.45. The maximum absolute atomic E-state index is 13.1. The maximum Gasteiger partial charge on any atom is 0.573 e. The summed E-state index contributed by atoms with van der Waals surface area (Å²) in [7, 11) is 0. The van der Waals surface area contributed by atoms with E-state index < -0.39 is 6.36 Å². The average Bonchev–Trinajstić information content (AvgIpc) is 3.14. The Kier molecular flexibility index (Phi) is 7.80. The summed E-state index contributed by atoms with van der Waals surface area (Å²) in [4.78, 5) is 17.7. The van der Waals surface area contributed by atoms with Gasteiger partial charge in [-0.1, -0.05) is 50.7 Å². The minimum Gasteiger partial charge on any atom is -0.405 e. The van der Waals surface area contributed by atoms with Crippen LogP contribution in [0.2, 0.25) is 0 Å². The Morgan fingerprint density at radius 1 is 1.09 bits per heavy atom. The van der Waals surface area contributed by atoms with E-state index in [4.69, 9.17) is 0 Å². The van der Waals surface area contributed by atoms with Gasteiger partial charge in [-0.05, 0) is 44.2 Å². The number of hydrazine groups is 1. The number of ether oxygens (including phenoxy) is 1. The van der Waals surface area contributed by atoms with Gasteiger partial charge in [0, 0.05) is 25.3 Å². The molecule has 2 aliphatic rings. The third-order valence-electron chi connectivity index (χ3n) is 6.89. The number of nitrogens with one attached hydrogen (secondary N) is 1. The number of carbonyl (C=O) groups is 1. The van der Waals surface area contributed by atoms with Crippen LogP contribution in [0.15, 0.2) is 24.3 Å². The van der Waals surface area contributed by atoms with Gasteiger partial charge in [0.25, 0.3) is 5.91 Å². The van der Waals surface area contributed by atoms with Crippen LogP contribution in [0.25, 0.3) is 11.4 Å². The quantitative estimate of drug-likeness (QED) is 0.542. The Morgan fingerprint density at radius 2 is 1.76 bits per heavy atom. The highest BCUT2D eigenvalue weighted by Crippen LogP contribution is 2.35. The third kappa shape index (κ3) is 6.11. The van der Waals surface area contributed by atoms with Gasteiger partial charge in [0.05, 0.1) is 5.56 Å². The van der Waals surface area contributed by atoms with Crippen molar-refractivity contribution in [2.24, 2.45) is 5.92 Å². The zero-order valence-electron chi connectivity index (χ0n) is 19.7. The molecule has 1 aliphatic heterocycles. The van der Waals surface area contributed by atoms with Gasteiger partial charge in [-0.2, -0.15) is 0 Å². The molecule has 0 bridgehead atoms. The van der Waals surface area contributed by atoms with Crippen molar-refractivity contribution in [1.82, 2.24) is 20.0 Å². The van der Waals surface area contributed by atoms with Crippen molar-refractivity contribution >= 4 is 5.91 Å². The first-order valence-electron chi connectivity index (χ1n) is 12.3. The number of piperidine rings is 1. The summed E-state index contributed by atoms with van der Waals surface area (Å²) < 4.78 is 45.4. The number of amides is 1. The van der Waals surface area contributed by atoms with E-state index in [2.05, 4.69) is 15.1 Å². The molecule has 1 saturated heterocycles. The summed E-state index contributed by atoms with van der Waals surface area (Å²) >= 11 is 0. The molecule has 2 fully saturated rings. The molecule has 186 valence electrons. The minimum absolute atomic E-state index is 0.226. The monoisotopic (exact) mass is 478 g/mol. The zero-order valence-corrected chi connectivity index (χ0v) is 19.7. The molecule has 9 heteroatoms. The molecule has 0 radical (unpaired) electrons. The van der Waals surface area contributed by atoms with E-state index in [1.807, 2.05) is 16.5 Å². The number of aromatic nitrogens is 2. The highest BCUT2D eigenvalue weighted by atomic mass is 19.4. The summed E-state index contributed by atoms with van der Waals surface area (Å²) in [5.74, 6) is 0.265. The van der Waals surface area contributed by atoms with Gasteiger partial charge >= 0.3 is 6.36 Å². The molecule has 0 atom stereocenters. The second-order valence-corrected chi connectivity index (χ2v) is 9.35. The molecule has 2 heterocycles. The highest BCUT2D eigenvalue weighted by Gasteiger charge is 2.33. The summed E-state index contributed by atoms with van der Waals surface area (Å²) in [6.07, 6.45) is 5.27. The topological polar surface area (TPSA) is 59.4 Å². The van der Waals surface area contributed by atoms with Crippen LogP contribution in [0, 0.1) is 12.8 Å². The van der Waals surface area contributed by atoms with E-state index in [0.717, 1.165) is 38.8 Å². The lowest BCUT2D eigenvalue weighted by atomic mass is 9.87. The van der Waals surface area contributed by atoms with E-state index in [0.29, 0.717) is 24.0 Å². The number of alkyl halides is 3. The largest absolute Gasteiger partial charge is 0.573 e. The number of para-hydroxylation sites is 1. The fraction of sp³-hybridized carbons (Fsp3) is 0.600. The molecular weight excluding hydrogens is 445 g/mol. The molecule has 1 aromatic carbocycles. The van der Waals surface area contributed by atoms with Gasteiger partial charge in [0.2, 0.25) is 0 Å². The molecule has 1 N–H and O–H groups in total. The summed E-state index contributed by atoms with van der Waals surface area (Å²) in [6, 6.07) is 6.00. The van der Waals surface area contributed by atoms with E-state index in [1.165, 1.54) is 44.2 Å².